The monoisotopic (exact) mass is 126 g/mol. The van der Waals surface area contributed by atoms with Crippen LogP contribution in [0.15, 0.2) is 12.7 Å². The minimum atomic E-state index is 0.344. The van der Waals surface area contributed by atoms with Crippen LogP contribution in [0.2, 0.25) is 0 Å². The molecule has 1 saturated carbocycles. The average molecular weight is 126 g/mol. The van der Waals surface area contributed by atoms with Crippen LogP contribution in [-0.2, 0) is 0 Å². The van der Waals surface area contributed by atoms with Crippen molar-refractivity contribution in [2.45, 2.75) is 19.3 Å². The summed E-state index contributed by atoms with van der Waals surface area (Å²) in [5.41, 5.74) is 0. The van der Waals surface area contributed by atoms with Crippen molar-refractivity contribution in [3.8, 4) is 0 Å². The molecule has 0 unspecified atom stereocenters. The lowest BCUT2D eigenvalue weighted by Crippen LogP contribution is -2.08. The lowest BCUT2D eigenvalue weighted by Gasteiger charge is -2.10. The first kappa shape index (κ1) is 6.81. The highest BCUT2D eigenvalue weighted by Gasteiger charge is 2.23. The van der Waals surface area contributed by atoms with Crippen LogP contribution in [0, 0.1) is 11.8 Å². The molecule has 0 radical (unpaired) electrons. The fourth-order valence-corrected chi connectivity index (χ4v) is 1.60. The molecule has 0 spiro atoms. The van der Waals surface area contributed by atoms with Crippen LogP contribution in [0.25, 0.3) is 0 Å². The molecule has 0 aromatic heterocycles. The molecule has 2 atom stereocenters. The van der Waals surface area contributed by atoms with Gasteiger partial charge in [-0.25, -0.2) is 0 Å². The zero-order valence-electron chi connectivity index (χ0n) is 5.71. The molecule has 0 aliphatic heterocycles. The molecule has 0 saturated heterocycles. The molecular formula is C8H14O. The molecule has 9 heavy (non-hydrogen) atoms. The minimum absolute atomic E-state index is 0.344. The van der Waals surface area contributed by atoms with Gasteiger partial charge in [0.2, 0.25) is 0 Å². The average Bonchev–Trinajstić information content (AvgIpc) is 2.33. The SMILES string of the molecule is C=C[C@@H]1CCC[C@@H]1CO. The summed E-state index contributed by atoms with van der Waals surface area (Å²) in [6.07, 6.45) is 5.66. The van der Waals surface area contributed by atoms with E-state index in [1.807, 2.05) is 6.08 Å². The van der Waals surface area contributed by atoms with E-state index in [2.05, 4.69) is 6.58 Å². The molecule has 1 aliphatic carbocycles. The summed E-state index contributed by atoms with van der Waals surface area (Å²) < 4.78 is 0. The first-order valence-electron chi connectivity index (χ1n) is 3.62. The molecule has 0 bridgehead atoms. The summed E-state index contributed by atoms with van der Waals surface area (Å²) in [6, 6.07) is 0. The third-order valence-electron chi connectivity index (χ3n) is 2.26. The molecule has 0 aromatic rings. The largest absolute Gasteiger partial charge is 0.396 e. The predicted octanol–water partition coefficient (Wildman–Crippen LogP) is 1.58. The maximum absolute atomic E-state index is 8.82. The smallest absolute Gasteiger partial charge is 0.0464 e. The van der Waals surface area contributed by atoms with Crippen LogP contribution in [0.4, 0.5) is 0 Å². The van der Waals surface area contributed by atoms with E-state index in [1.54, 1.807) is 0 Å². The minimum Gasteiger partial charge on any atom is -0.396 e. The highest BCUT2D eigenvalue weighted by atomic mass is 16.3. The van der Waals surface area contributed by atoms with E-state index in [1.165, 1.54) is 19.3 Å². The Morgan fingerprint density at radius 2 is 2.33 bits per heavy atom. The van der Waals surface area contributed by atoms with Crippen LogP contribution in [-0.4, -0.2) is 11.7 Å². The summed E-state index contributed by atoms with van der Waals surface area (Å²) in [5.74, 6) is 1.11. The van der Waals surface area contributed by atoms with Crippen molar-refractivity contribution in [2.24, 2.45) is 11.8 Å². The lowest BCUT2D eigenvalue weighted by atomic mass is 9.97. The van der Waals surface area contributed by atoms with Crippen molar-refractivity contribution >= 4 is 0 Å². The van der Waals surface area contributed by atoms with Crippen molar-refractivity contribution in [1.82, 2.24) is 0 Å². The summed E-state index contributed by atoms with van der Waals surface area (Å²) in [5, 5.41) is 8.82. The van der Waals surface area contributed by atoms with Crippen LogP contribution in [0.1, 0.15) is 19.3 Å². The second kappa shape index (κ2) is 3.02. The van der Waals surface area contributed by atoms with Crippen molar-refractivity contribution in [2.75, 3.05) is 6.61 Å². The first-order chi connectivity index (χ1) is 4.38. The Labute approximate surface area is 56.4 Å². The zero-order valence-corrected chi connectivity index (χ0v) is 5.71. The van der Waals surface area contributed by atoms with Gasteiger partial charge in [0.15, 0.2) is 0 Å². The van der Waals surface area contributed by atoms with Gasteiger partial charge in [-0.3, -0.25) is 0 Å². The highest BCUT2D eigenvalue weighted by molar-refractivity contribution is 4.88. The molecule has 1 aliphatic rings. The van der Waals surface area contributed by atoms with Crippen molar-refractivity contribution < 1.29 is 5.11 Å². The maximum atomic E-state index is 8.82. The predicted molar refractivity (Wildman–Crippen MR) is 38.1 cm³/mol. The Hall–Kier alpha value is -0.300. The Bertz CT molecular complexity index is 98.7. The summed E-state index contributed by atoms with van der Waals surface area (Å²) in [7, 11) is 0. The Morgan fingerprint density at radius 3 is 2.78 bits per heavy atom. The van der Waals surface area contributed by atoms with E-state index in [9.17, 15) is 0 Å². The fraction of sp³-hybridized carbons (Fsp3) is 0.750. The van der Waals surface area contributed by atoms with Gasteiger partial charge in [-0.05, 0) is 24.7 Å². The fourth-order valence-electron chi connectivity index (χ4n) is 1.60. The number of hydrogen-bond donors (Lipinski definition) is 1. The van der Waals surface area contributed by atoms with E-state index in [4.69, 9.17) is 5.11 Å². The molecular weight excluding hydrogens is 112 g/mol. The van der Waals surface area contributed by atoms with Crippen molar-refractivity contribution in [1.29, 1.82) is 0 Å². The van der Waals surface area contributed by atoms with Gasteiger partial charge in [0.25, 0.3) is 0 Å². The third kappa shape index (κ3) is 1.33. The second-order valence-corrected chi connectivity index (χ2v) is 2.77. The topological polar surface area (TPSA) is 20.2 Å². The number of aliphatic hydroxyl groups excluding tert-OH is 1. The van der Waals surface area contributed by atoms with E-state index in [-0.39, 0.29) is 0 Å². The van der Waals surface area contributed by atoms with Gasteiger partial charge in [-0.2, -0.15) is 0 Å². The van der Waals surface area contributed by atoms with Gasteiger partial charge in [0.05, 0.1) is 0 Å². The number of rotatable bonds is 2. The summed E-state index contributed by atoms with van der Waals surface area (Å²) in [6.45, 7) is 4.07. The third-order valence-corrected chi connectivity index (χ3v) is 2.26. The molecule has 1 heteroatoms. The molecule has 0 aromatic carbocycles. The van der Waals surface area contributed by atoms with Gasteiger partial charge < -0.3 is 5.11 Å². The van der Waals surface area contributed by atoms with Gasteiger partial charge in [0.1, 0.15) is 0 Å². The zero-order chi connectivity index (χ0) is 6.69. The van der Waals surface area contributed by atoms with Crippen LogP contribution in [0.3, 0.4) is 0 Å². The van der Waals surface area contributed by atoms with E-state index in [0.717, 1.165) is 0 Å². The lowest BCUT2D eigenvalue weighted by molar-refractivity contribution is 0.210. The molecule has 1 fully saturated rings. The van der Waals surface area contributed by atoms with Gasteiger partial charge in [-0.15, -0.1) is 6.58 Å². The quantitative estimate of drug-likeness (QED) is 0.557. The van der Waals surface area contributed by atoms with Crippen LogP contribution < -0.4 is 0 Å². The van der Waals surface area contributed by atoms with E-state index >= 15 is 0 Å². The van der Waals surface area contributed by atoms with E-state index in [0.29, 0.717) is 18.4 Å². The normalized spacial score (nSPS) is 34.8. The molecule has 0 amide bonds. The van der Waals surface area contributed by atoms with Gasteiger partial charge in [-0.1, -0.05) is 12.5 Å². The van der Waals surface area contributed by atoms with Gasteiger partial charge >= 0.3 is 0 Å². The summed E-state index contributed by atoms with van der Waals surface area (Å²) in [4.78, 5) is 0. The summed E-state index contributed by atoms with van der Waals surface area (Å²) >= 11 is 0. The van der Waals surface area contributed by atoms with Crippen molar-refractivity contribution in [3.63, 3.8) is 0 Å². The molecule has 1 N–H and O–H groups in total. The Balaban J connectivity index is 2.41. The second-order valence-electron chi connectivity index (χ2n) is 2.77. The molecule has 0 heterocycles. The number of aliphatic hydroxyl groups is 1. The first-order valence-corrected chi connectivity index (χ1v) is 3.62. The van der Waals surface area contributed by atoms with E-state index < -0.39 is 0 Å². The number of allylic oxidation sites excluding steroid dienone is 1. The van der Waals surface area contributed by atoms with Crippen LogP contribution >= 0.6 is 0 Å². The highest BCUT2D eigenvalue weighted by Crippen LogP contribution is 2.31. The Morgan fingerprint density at radius 1 is 1.56 bits per heavy atom. The Kier molecular flexibility index (Phi) is 2.29. The van der Waals surface area contributed by atoms with Gasteiger partial charge in [0, 0.05) is 6.61 Å². The number of hydrogen-bond acceptors (Lipinski definition) is 1. The van der Waals surface area contributed by atoms with Crippen LogP contribution in [0.5, 0.6) is 0 Å². The molecule has 52 valence electrons. The standard InChI is InChI=1S/C8H14O/c1-2-7-4-3-5-8(7)6-9/h2,7-9H,1,3-6H2/t7-,8-/m1/s1. The maximum Gasteiger partial charge on any atom is 0.0464 e. The van der Waals surface area contributed by atoms with Crippen molar-refractivity contribution in [3.05, 3.63) is 12.7 Å². The molecule has 1 rings (SSSR count). The molecule has 1 nitrogen and oxygen atoms in total.